The number of para-hydroxylation sites is 1. The van der Waals surface area contributed by atoms with E-state index in [2.05, 4.69) is 25.8 Å². The van der Waals surface area contributed by atoms with E-state index in [9.17, 15) is 0 Å². The fourth-order valence-corrected chi connectivity index (χ4v) is 2.03. The maximum atomic E-state index is 5.44. The van der Waals surface area contributed by atoms with Crippen molar-refractivity contribution < 1.29 is 4.42 Å². The Bertz CT molecular complexity index is 704. The van der Waals surface area contributed by atoms with Gasteiger partial charge in [0.1, 0.15) is 0 Å². The van der Waals surface area contributed by atoms with Crippen molar-refractivity contribution in [3.8, 4) is 0 Å². The highest BCUT2D eigenvalue weighted by Gasteiger charge is 2.06. The molecule has 0 radical (unpaired) electrons. The second kappa shape index (κ2) is 5.66. The standard InChI is InChI=1S/C14H15N5O/c1-15-9-12-18-19-14(20-12)17-8-11-5-2-4-10-6-3-7-16-13(10)11/h2-7,15H,8-9H2,1H3,(H,17,19). The summed E-state index contributed by atoms with van der Waals surface area (Å²) in [6.45, 7) is 1.15. The first kappa shape index (κ1) is 12.6. The number of benzene rings is 1. The van der Waals surface area contributed by atoms with E-state index in [1.165, 1.54) is 0 Å². The Hall–Kier alpha value is -2.47. The van der Waals surface area contributed by atoms with Crippen molar-refractivity contribution in [2.45, 2.75) is 13.1 Å². The van der Waals surface area contributed by atoms with Crippen molar-refractivity contribution >= 4 is 16.9 Å². The van der Waals surface area contributed by atoms with Crippen LogP contribution in [0.1, 0.15) is 11.5 Å². The van der Waals surface area contributed by atoms with Crippen LogP contribution in [-0.2, 0) is 13.1 Å². The van der Waals surface area contributed by atoms with Gasteiger partial charge in [0.15, 0.2) is 0 Å². The summed E-state index contributed by atoms with van der Waals surface area (Å²) < 4.78 is 5.44. The first-order valence-corrected chi connectivity index (χ1v) is 6.40. The summed E-state index contributed by atoms with van der Waals surface area (Å²) in [6.07, 6.45) is 1.80. The molecule has 3 rings (SSSR count). The minimum atomic E-state index is 0.420. The number of rotatable bonds is 5. The minimum absolute atomic E-state index is 0.420. The summed E-state index contributed by atoms with van der Waals surface area (Å²) in [4.78, 5) is 4.41. The molecule has 0 unspecified atom stereocenters. The third-order valence-electron chi connectivity index (χ3n) is 2.94. The zero-order chi connectivity index (χ0) is 13.8. The van der Waals surface area contributed by atoms with E-state index in [-0.39, 0.29) is 0 Å². The van der Waals surface area contributed by atoms with Crippen molar-refractivity contribution in [2.24, 2.45) is 0 Å². The molecular formula is C14H15N5O. The summed E-state index contributed by atoms with van der Waals surface area (Å²) in [5, 5.41) is 15.1. The lowest BCUT2D eigenvalue weighted by molar-refractivity contribution is 0.489. The van der Waals surface area contributed by atoms with Crippen LogP contribution in [0.2, 0.25) is 0 Å². The zero-order valence-electron chi connectivity index (χ0n) is 11.1. The number of hydrogen-bond acceptors (Lipinski definition) is 6. The van der Waals surface area contributed by atoms with Crippen LogP contribution in [0.3, 0.4) is 0 Å². The lowest BCUT2D eigenvalue weighted by Gasteiger charge is -2.05. The third kappa shape index (κ3) is 2.60. The van der Waals surface area contributed by atoms with Crippen LogP contribution in [0.25, 0.3) is 10.9 Å². The highest BCUT2D eigenvalue weighted by Crippen LogP contribution is 2.17. The predicted molar refractivity (Wildman–Crippen MR) is 76.1 cm³/mol. The average molecular weight is 269 g/mol. The van der Waals surface area contributed by atoms with Gasteiger partial charge in [0.2, 0.25) is 5.89 Å². The molecule has 1 aromatic carbocycles. The molecule has 0 saturated carbocycles. The van der Waals surface area contributed by atoms with Crippen LogP contribution in [-0.4, -0.2) is 22.2 Å². The molecule has 0 aliphatic carbocycles. The number of anilines is 1. The quantitative estimate of drug-likeness (QED) is 0.737. The zero-order valence-corrected chi connectivity index (χ0v) is 11.1. The lowest BCUT2D eigenvalue weighted by atomic mass is 10.1. The van der Waals surface area contributed by atoms with Gasteiger partial charge in [-0.3, -0.25) is 4.98 Å². The van der Waals surface area contributed by atoms with Crippen LogP contribution in [0.15, 0.2) is 40.9 Å². The summed E-state index contributed by atoms with van der Waals surface area (Å²) in [5.41, 5.74) is 2.08. The molecule has 0 aliphatic heterocycles. The van der Waals surface area contributed by atoms with Crippen molar-refractivity contribution in [2.75, 3.05) is 12.4 Å². The number of pyridine rings is 1. The highest BCUT2D eigenvalue weighted by molar-refractivity contribution is 5.81. The van der Waals surface area contributed by atoms with E-state index in [0.717, 1.165) is 16.5 Å². The van der Waals surface area contributed by atoms with Crippen molar-refractivity contribution in [1.82, 2.24) is 20.5 Å². The fourth-order valence-electron chi connectivity index (χ4n) is 2.03. The molecule has 0 spiro atoms. The normalized spacial score (nSPS) is 10.8. The van der Waals surface area contributed by atoms with Crippen molar-refractivity contribution in [1.29, 1.82) is 0 Å². The molecular weight excluding hydrogens is 254 g/mol. The molecule has 2 aromatic heterocycles. The minimum Gasteiger partial charge on any atom is -0.407 e. The summed E-state index contributed by atoms with van der Waals surface area (Å²) in [5.74, 6) is 0.561. The second-order valence-electron chi connectivity index (χ2n) is 4.38. The molecule has 2 heterocycles. The Morgan fingerprint density at radius 1 is 1.10 bits per heavy atom. The van der Waals surface area contributed by atoms with Gasteiger partial charge in [0, 0.05) is 18.1 Å². The number of hydrogen-bond donors (Lipinski definition) is 2. The Balaban J connectivity index is 1.76. The number of nitrogens with zero attached hydrogens (tertiary/aromatic N) is 3. The average Bonchev–Trinajstić information content (AvgIpc) is 2.93. The SMILES string of the molecule is CNCc1nnc(NCc2cccc3cccnc23)o1. The third-order valence-corrected chi connectivity index (χ3v) is 2.94. The molecule has 6 nitrogen and oxygen atoms in total. The van der Waals surface area contributed by atoms with Gasteiger partial charge in [-0.25, -0.2) is 0 Å². The fraction of sp³-hybridized carbons (Fsp3) is 0.214. The van der Waals surface area contributed by atoms with Gasteiger partial charge >= 0.3 is 6.01 Å². The van der Waals surface area contributed by atoms with Gasteiger partial charge < -0.3 is 15.1 Å². The molecule has 0 bridgehead atoms. The Kier molecular flexibility index (Phi) is 3.56. The smallest absolute Gasteiger partial charge is 0.315 e. The maximum absolute atomic E-state index is 5.44. The molecule has 20 heavy (non-hydrogen) atoms. The van der Waals surface area contributed by atoms with E-state index < -0.39 is 0 Å². The van der Waals surface area contributed by atoms with Crippen LogP contribution >= 0.6 is 0 Å². The maximum Gasteiger partial charge on any atom is 0.315 e. The predicted octanol–water partition coefficient (Wildman–Crippen LogP) is 1.95. The lowest BCUT2D eigenvalue weighted by Crippen LogP contribution is -2.04. The molecule has 2 N–H and O–H groups in total. The summed E-state index contributed by atoms with van der Waals surface area (Å²) >= 11 is 0. The molecule has 6 heteroatoms. The van der Waals surface area contributed by atoms with Crippen LogP contribution in [0.5, 0.6) is 0 Å². The van der Waals surface area contributed by atoms with Gasteiger partial charge in [0.25, 0.3) is 0 Å². The summed E-state index contributed by atoms with van der Waals surface area (Å²) in [6, 6.07) is 10.5. The largest absolute Gasteiger partial charge is 0.407 e. The van der Waals surface area contributed by atoms with E-state index in [1.807, 2.05) is 37.4 Å². The molecule has 0 fully saturated rings. The Morgan fingerprint density at radius 3 is 2.90 bits per heavy atom. The molecule has 3 aromatic rings. The van der Waals surface area contributed by atoms with Crippen LogP contribution in [0, 0.1) is 0 Å². The van der Waals surface area contributed by atoms with Crippen molar-refractivity contribution in [3.05, 3.63) is 48.0 Å². The number of fused-ring (bicyclic) bond motifs is 1. The van der Waals surface area contributed by atoms with Gasteiger partial charge in [-0.1, -0.05) is 29.4 Å². The molecule has 102 valence electrons. The van der Waals surface area contributed by atoms with Gasteiger partial charge in [-0.15, -0.1) is 5.10 Å². The van der Waals surface area contributed by atoms with Crippen LogP contribution < -0.4 is 10.6 Å². The van der Waals surface area contributed by atoms with Gasteiger partial charge in [0.05, 0.1) is 12.1 Å². The topological polar surface area (TPSA) is 75.9 Å². The molecule has 0 amide bonds. The summed E-state index contributed by atoms with van der Waals surface area (Å²) in [7, 11) is 1.83. The van der Waals surface area contributed by atoms with Gasteiger partial charge in [-0.05, 0) is 18.7 Å². The van der Waals surface area contributed by atoms with E-state index in [1.54, 1.807) is 6.20 Å². The van der Waals surface area contributed by atoms with E-state index >= 15 is 0 Å². The first-order valence-electron chi connectivity index (χ1n) is 6.40. The van der Waals surface area contributed by atoms with Crippen LogP contribution in [0.4, 0.5) is 6.01 Å². The van der Waals surface area contributed by atoms with Gasteiger partial charge in [-0.2, -0.15) is 0 Å². The van der Waals surface area contributed by atoms with E-state index in [0.29, 0.717) is 25.0 Å². The molecule has 0 atom stereocenters. The molecule has 0 aliphatic rings. The Morgan fingerprint density at radius 2 is 2.00 bits per heavy atom. The van der Waals surface area contributed by atoms with Crippen molar-refractivity contribution in [3.63, 3.8) is 0 Å². The highest BCUT2D eigenvalue weighted by atomic mass is 16.4. The number of nitrogens with one attached hydrogen (secondary N) is 2. The second-order valence-corrected chi connectivity index (χ2v) is 4.38. The Labute approximate surface area is 116 Å². The van der Waals surface area contributed by atoms with E-state index in [4.69, 9.17) is 4.42 Å². The first-order chi connectivity index (χ1) is 9.86. The molecule has 0 saturated heterocycles. The monoisotopic (exact) mass is 269 g/mol. The number of aromatic nitrogens is 3.